The Morgan fingerprint density at radius 3 is 2.59 bits per heavy atom. The van der Waals surface area contributed by atoms with Crippen LogP contribution in [0.3, 0.4) is 0 Å². The summed E-state index contributed by atoms with van der Waals surface area (Å²) in [4.78, 5) is 12.8. The van der Waals surface area contributed by atoms with Crippen LogP contribution in [-0.4, -0.2) is 71.3 Å². The molecule has 2 fully saturated rings. The SMILES string of the molecule is OC1(CN2CCN(c3ccc4ncnc(OCC(F)F)c4c3)CC2)CCC1. The molecule has 0 unspecified atom stereocenters. The van der Waals surface area contributed by atoms with E-state index in [1.807, 2.05) is 18.2 Å². The van der Waals surface area contributed by atoms with Crippen LogP contribution in [0.5, 0.6) is 5.88 Å². The van der Waals surface area contributed by atoms with Crippen molar-refractivity contribution in [3.05, 3.63) is 24.5 Å². The summed E-state index contributed by atoms with van der Waals surface area (Å²) in [5.41, 5.74) is 1.18. The van der Waals surface area contributed by atoms with Gasteiger partial charge in [-0.05, 0) is 37.5 Å². The van der Waals surface area contributed by atoms with E-state index in [9.17, 15) is 13.9 Å². The van der Waals surface area contributed by atoms with Gasteiger partial charge in [-0.3, -0.25) is 4.90 Å². The first-order valence-corrected chi connectivity index (χ1v) is 9.38. The molecule has 1 saturated heterocycles. The number of alkyl halides is 2. The Labute approximate surface area is 156 Å². The third-order valence-corrected chi connectivity index (χ3v) is 5.47. The average Bonchev–Trinajstić information content (AvgIpc) is 2.65. The molecule has 1 aliphatic heterocycles. The quantitative estimate of drug-likeness (QED) is 0.832. The maximum Gasteiger partial charge on any atom is 0.272 e. The normalized spacial score (nSPS) is 20.1. The van der Waals surface area contributed by atoms with Crippen molar-refractivity contribution < 1.29 is 18.6 Å². The minimum absolute atomic E-state index is 0.188. The summed E-state index contributed by atoms with van der Waals surface area (Å²) in [5.74, 6) is 0.188. The Kier molecular flexibility index (Phi) is 5.10. The van der Waals surface area contributed by atoms with Crippen LogP contribution < -0.4 is 9.64 Å². The average molecular weight is 378 g/mol. The van der Waals surface area contributed by atoms with Gasteiger partial charge >= 0.3 is 0 Å². The molecule has 4 rings (SSSR count). The van der Waals surface area contributed by atoms with E-state index in [2.05, 4.69) is 19.8 Å². The first kappa shape index (κ1) is 18.3. The number of nitrogens with zero attached hydrogens (tertiary/aromatic N) is 4. The smallest absolute Gasteiger partial charge is 0.272 e. The van der Waals surface area contributed by atoms with Gasteiger partial charge in [-0.15, -0.1) is 0 Å². The number of ether oxygens (including phenoxy) is 1. The van der Waals surface area contributed by atoms with Gasteiger partial charge in [-0.25, -0.2) is 18.7 Å². The fourth-order valence-electron chi connectivity index (χ4n) is 3.80. The number of aromatic nitrogens is 2. The van der Waals surface area contributed by atoms with Crippen LogP contribution >= 0.6 is 0 Å². The van der Waals surface area contributed by atoms with Crippen molar-refractivity contribution in [2.24, 2.45) is 0 Å². The molecular formula is C19H24F2N4O2. The van der Waals surface area contributed by atoms with Crippen LogP contribution in [-0.2, 0) is 0 Å². The number of anilines is 1. The van der Waals surface area contributed by atoms with E-state index in [0.717, 1.165) is 57.7 Å². The molecule has 0 atom stereocenters. The summed E-state index contributed by atoms with van der Waals surface area (Å²) < 4.78 is 30.1. The lowest BCUT2D eigenvalue weighted by Gasteiger charge is -2.44. The van der Waals surface area contributed by atoms with Crippen molar-refractivity contribution in [1.29, 1.82) is 0 Å². The van der Waals surface area contributed by atoms with Gasteiger partial charge in [0.25, 0.3) is 6.43 Å². The lowest BCUT2D eigenvalue weighted by molar-refractivity contribution is -0.0594. The molecule has 2 aliphatic rings. The molecule has 27 heavy (non-hydrogen) atoms. The molecule has 1 aromatic carbocycles. The predicted molar refractivity (Wildman–Crippen MR) is 98.5 cm³/mol. The highest BCUT2D eigenvalue weighted by molar-refractivity contribution is 5.86. The predicted octanol–water partition coefficient (Wildman–Crippen LogP) is 2.31. The van der Waals surface area contributed by atoms with Crippen molar-refractivity contribution in [3.63, 3.8) is 0 Å². The summed E-state index contributed by atoms with van der Waals surface area (Å²) in [6, 6.07) is 5.76. The van der Waals surface area contributed by atoms with Crippen LogP contribution in [0.25, 0.3) is 10.9 Å². The molecule has 1 N–H and O–H groups in total. The summed E-state index contributed by atoms with van der Waals surface area (Å²) in [6.45, 7) is 3.54. The molecule has 0 radical (unpaired) electrons. The minimum atomic E-state index is -2.54. The molecule has 1 aromatic heterocycles. The van der Waals surface area contributed by atoms with Gasteiger partial charge in [-0.2, -0.15) is 0 Å². The molecule has 2 heterocycles. The first-order valence-electron chi connectivity index (χ1n) is 9.38. The van der Waals surface area contributed by atoms with Crippen molar-refractivity contribution in [3.8, 4) is 5.88 Å². The number of benzene rings is 1. The number of fused-ring (bicyclic) bond motifs is 1. The van der Waals surface area contributed by atoms with Crippen LogP contribution in [0, 0.1) is 0 Å². The van der Waals surface area contributed by atoms with Crippen LogP contribution in [0.2, 0.25) is 0 Å². The van der Waals surface area contributed by atoms with E-state index in [1.54, 1.807) is 0 Å². The lowest BCUT2D eigenvalue weighted by atomic mass is 9.80. The zero-order valence-electron chi connectivity index (χ0n) is 15.2. The van der Waals surface area contributed by atoms with Gasteiger partial charge in [0.1, 0.15) is 6.33 Å². The van der Waals surface area contributed by atoms with Gasteiger partial charge in [-0.1, -0.05) is 0 Å². The van der Waals surface area contributed by atoms with E-state index in [0.29, 0.717) is 10.9 Å². The van der Waals surface area contributed by atoms with E-state index in [1.165, 1.54) is 6.33 Å². The highest BCUT2D eigenvalue weighted by Gasteiger charge is 2.36. The zero-order valence-corrected chi connectivity index (χ0v) is 15.2. The summed E-state index contributed by atoms with van der Waals surface area (Å²) in [6.07, 6.45) is 1.70. The Morgan fingerprint density at radius 2 is 1.93 bits per heavy atom. The van der Waals surface area contributed by atoms with Crippen LogP contribution in [0.4, 0.5) is 14.5 Å². The Balaban J connectivity index is 1.45. The molecule has 2 aromatic rings. The summed E-state index contributed by atoms with van der Waals surface area (Å²) in [7, 11) is 0. The highest BCUT2D eigenvalue weighted by atomic mass is 19.3. The van der Waals surface area contributed by atoms with E-state index < -0.39 is 18.6 Å². The summed E-state index contributed by atoms with van der Waals surface area (Å²) in [5, 5.41) is 11.0. The van der Waals surface area contributed by atoms with Crippen molar-refractivity contribution in [1.82, 2.24) is 14.9 Å². The lowest BCUT2D eigenvalue weighted by Crippen LogP contribution is -2.54. The van der Waals surface area contributed by atoms with Crippen molar-refractivity contribution in [2.45, 2.75) is 31.3 Å². The zero-order chi connectivity index (χ0) is 18.9. The van der Waals surface area contributed by atoms with Gasteiger partial charge in [0, 0.05) is 38.4 Å². The largest absolute Gasteiger partial charge is 0.471 e. The first-order chi connectivity index (χ1) is 13.0. The fourth-order valence-corrected chi connectivity index (χ4v) is 3.80. The Hall–Kier alpha value is -2.06. The number of hydrogen-bond acceptors (Lipinski definition) is 6. The number of halogens is 2. The molecule has 0 bridgehead atoms. The maximum atomic E-state index is 12.5. The monoisotopic (exact) mass is 378 g/mol. The number of rotatable bonds is 6. The van der Waals surface area contributed by atoms with Gasteiger partial charge in [0.15, 0.2) is 6.61 Å². The summed E-state index contributed by atoms with van der Waals surface area (Å²) >= 11 is 0. The van der Waals surface area contributed by atoms with E-state index in [4.69, 9.17) is 4.74 Å². The fraction of sp³-hybridized carbons (Fsp3) is 0.579. The third-order valence-electron chi connectivity index (χ3n) is 5.47. The minimum Gasteiger partial charge on any atom is -0.471 e. The molecule has 8 heteroatoms. The number of β-amino-alcohol motifs (C(OH)–C–C–N with tert-alkyl or cyclic N) is 1. The Bertz CT molecular complexity index is 792. The third kappa shape index (κ3) is 4.11. The molecular weight excluding hydrogens is 354 g/mol. The Morgan fingerprint density at radius 1 is 1.15 bits per heavy atom. The maximum absolute atomic E-state index is 12.5. The molecule has 1 saturated carbocycles. The van der Waals surface area contributed by atoms with Crippen molar-refractivity contribution >= 4 is 16.6 Å². The van der Waals surface area contributed by atoms with Crippen LogP contribution in [0.15, 0.2) is 24.5 Å². The highest BCUT2D eigenvalue weighted by Crippen LogP contribution is 2.33. The topological polar surface area (TPSA) is 61.7 Å². The number of aliphatic hydroxyl groups is 1. The molecule has 0 spiro atoms. The molecule has 1 aliphatic carbocycles. The number of piperazine rings is 1. The second kappa shape index (κ2) is 7.52. The molecule has 6 nitrogen and oxygen atoms in total. The van der Waals surface area contributed by atoms with Crippen LogP contribution in [0.1, 0.15) is 19.3 Å². The van der Waals surface area contributed by atoms with Gasteiger partial charge in [0.2, 0.25) is 5.88 Å². The molecule has 0 amide bonds. The van der Waals surface area contributed by atoms with Gasteiger partial charge < -0.3 is 14.7 Å². The standard InChI is InChI=1S/C19H24F2N4O2/c20-17(21)11-27-18-15-10-14(2-3-16(15)22-13-23-18)25-8-6-24(7-9-25)12-19(26)4-1-5-19/h2-3,10,13,17,26H,1,4-9,11-12H2. The van der Waals surface area contributed by atoms with Gasteiger partial charge in [0.05, 0.1) is 16.5 Å². The second-order valence-corrected chi connectivity index (χ2v) is 7.42. The molecule has 146 valence electrons. The second-order valence-electron chi connectivity index (χ2n) is 7.42. The van der Waals surface area contributed by atoms with E-state index >= 15 is 0 Å². The number of hydrogen-bond donors (Lipinski definition) is 1. The van der Waals surface area contributed by atoms with E-state index in [-0.39, 0.29) is 5.88 Å². The van der Waals surface area contributed by atoms with Crippen molar-refractivity contribution in [2.75, 3.05) is 44.2 Å².